The van der Waals surface area contributed by atoms with Gasteiger partial charge in [0.2, 0.25) is 10.0 Å². The molecule has 0 unspecified atom stereocenters. The number of morpholine rings is 1. The van der Waals surface area contributed by atoms with Crippen molar-refractivity contribution in [3.8, 4) is 0 Å². The van der Waals surface area contributed by atoms with Crippen LogP contribution in [0.2, 0.25) is 0 Å². The first kappa shape index (κ1) is 18.1. The second-order valence-electron chi connectivity index (χ2n) is 6.82. The van der Waals surface area contributed by atoms with Crippen LogP contribution in [0.15, 0.2) is 40.6 Å². The van der Waals surface area contributed by atoms with Crippen molar-refractivity contribution in [1.82, 2.24) is 9.62 Å². The van der Waals surface area contributed by atoms with Crippen molar-refractivity contribution in [3.05, 3.63) is 51.7 Å². The predicted molar refractivity (Wildman–Crippen MR) is 103 cm³/mol. The van der Waals surface area contributed by atoms with E-state index in [0.717, 1.165) is 32.4 Å². The largest absolute Gasteiger partial charge is 0.379 e. The van der Waals surface area contributed by atoms with Crippen molar-refractivity contribution in [2.24, 2.45) is 0 Å². The minimum absolute atomic E-state index is 0.0445. The Morgan fingerprint density at radius 3 is 2.73 bits per heavy atom. The number of thiophene rings is 1. The Bertz CT molecular complexity index is 844. The number of fused-ring (bicyclic) bond motifs is 1. The molecule has 1 atom stereocenters. The lowest BCUT2D eigenvalue weighted by Crippen LogP contribution is -2.43. The van der Waals surface area contributed by atoms with Crippen molar-refractivity contribution in [2.45, 2.75) is 30.2 Å². The van der Waals surface area contributed by atoms with E-state index >= 15 is 0 Å². The SMILES string of the molecule is O=S(=O)(NC[C@@H](c1cccs1)N1CCOCC1)c1ccc2c(c1)CCC2. The lowest BCUT2D eigenvalue weighted by atomic mass is 10.1. The summed E-state index contributed by atoms with van der Waals surface area (Å²) in [6, 6.07) is 9.69. The molecule has 0 amide bonds. The fraction of sp³-hybridized carbons (Fsp3) is 0.474. The summed E-state index contributed by atoms with van der Waals surface area (Å²) in [5, 5.41) is 2.04. The number of rotatable bonds is 6. The Morgan fingerprint density at radius 1 is 1.15 bits per heavy atom. The normalized spacial score (nSPS) is 19.4. The van der Waals surface area contributed by atoms with Gasteiger partial charge in [-0.1, -0.05) is 12.1 Å². The number of sulfonamides is 1. The third-order valence-electron chi connectivity index (χ3n) is 5.21. The molecule has 1 aliphatic heterocycles. The minimum atomic E-state index is -3.51. The van der Waals surface area contributed by atoms with E-state index in [4.69, 9.17) is 4.74 Å². The summed E-state index contributed by atoms with van der Waals surface area (Å²) in [5.74, 6) is 0. The summed E-state index contributed by atoms with van der Waals surface area (Å²) < 4.78 is 34.0. The molecule has 7 heteroatoms. The van der Waals surface area contributed by atoms with Crippen LogP contribution >= 0.6 is 11.3 Å². The standard InChI is InChI=1S/C19H24N2O3S2/c22-26(23,17-7-6-15-3-1-4-16(15)13-17)20-14-18(19-5-2-12-25-19)21-8-10-24-11-9-21/h2,5-7,12-13,18,20H,1,3-4,8-11,14H2/t18-/m0/s1. The fourth-order valence-electron chi connectivity index (χ4n) is 3.77. The van der Waals surface area contributed by atoms with Gasteiger partial charge in [-0.3, -0.25) is 4.90 Å². The van der Waals surface area contributed by atoms with Crippen LogP contribution in [-0.2, 0) is 27.6 Å². The van der Waals surface area contributed by atoms with Crippen molar-refractivity contribution >= 4 is 21.4 Å². The lowest BCUT2D eigenvalue weighted by molar-refractivity contribution is 0.0179. The summed E-state index contributed by atoms with van der Waals surface area (Å²) >= 11 is 1.67. The monoisotopic (exact) mass is 392 g/mol. The first-order valence-corrected chi connectivity index (χ1v) is 11.5. The second-order valence-corrected chi connectivity index (χ2v) is 9.56. The Morgan fingerprint density at radius 2 is 1.96 bits per heavy atom. The molecule has 140 valence electrons. The average molecular weight is 393 g/mol. The molecule has 0 saturated carbocycles. The molecule has 2 heterocycles. The number of benzene rings is 1. The minimum Gasteiger partial charge on any atom is -0.379 e. The van der Waals surface area contributed by atoms with Gasteiger partial charge in [0.05, 0.1) is 24.2 Å². The highest BCUT2D eigenvalue weighted by Gasteiger charge is 2.26. The molecule has 1 saturated heterocycles. The highest BCUT2D eigenvalue weighted by molar-refractivity contribution is 7.89. The van der Waals surface area contributed by atoms with Gasteiger partial charge in [-0.25, -0.2) is 13.1 Å². The fourth-order valence-corrected chi connectivity index (χ4v) is 5.72. The van der Waals surface area contributed by atoms with Gasteiger partial charge < -0.3 is 4.74 Å². The van der Waals surface area contributed by atoms with Gasteiger partial charge in [0.15, 0.2) is 0 Å². The smallest absolute Gasteiger partial charge is 0.240 e. The molecule has 1 aliphatic carbocycles. The maximum Gasteiger partial charge on any atom is 0.240 e. The van der Waals surface area contributed by atoms with E-state index in [1.165, 1.54) is 16.0 Å². The number of nitrogens with one attached hydrogen (secondary N) is 1. The average Bonchev–Trinajstić information content (AvgIpc) is 3.34. The number of nitrogens with zero attached hydrogens (tertiary/aromatic N) is 1. The van der Waals surface area contributed by atoms with Gasteiger partial charge in [0.1, 0.15) is 0 Å². The number of aryl methyl sites for hydroxylation is 2. The molecule has 2 aromatic rings. The van der Waals surface area contributed by atoms with Crippen molar-refractivity contribution in [2.75, 3.05) is 32.8 Å². The van der Waals surface area contributed by atoms with Gasteiger partial charge in [-0.15, -0.1) is 11.3 Å². The summed E-state index contributed by atoms with van der Waals surface area (Å²) in [6.07, 6.45) is 3.15. The summed E-state index contributed by atoms with van der Waals surface area (Å²) in [6.45, 7) is 3.41. The highest BCUT2D eigenvalue weighted by Crippen LogP contribution is 2.27. The number of hydrogen-bond acceptors (Lipinski definition) is 5. The molecular formula is C19H24N2O3S2. The van der Waals surface area contributed by atoms with Gasteiger partial charge in [0, 0.05) is 24.5 Å². The van der Waals surface area contributed by atoms with Crippen molar-refractivity contribution in [3.63, 3.8) is 0 Å². The van der Waals surface area contributed by atoms with Crippen LogP contribution in [0, 0.1) is 0 Å². The molecule has 1 aromatic carbocycles. The zero-order valence-electron chi connectivity index (χ0n) is 14.7. The quantitative estimate of drug-likeness (QED) is 0.821. The molecule has 26 heavy (non-hydrogen) atoms. The maximum absolute atomic E-state index is 12.8. The first-order valence-electron chi connectivity index (χ1n) is 9.10. The van der Waals surface area contributed by atoms with E-state index in [2.05, 4.69) is 15.7 Å². The first-order chi connectivity index (χ1) is 12.6. The molecule has 0 bridgehead atoms. The van der Waals surface area contributed by atoms with Crippen molar-refractivity contribution in [1.29, 1.82) is 0 Å². The molecule has 1 fully saturated rings. The van der Waals surface area contributed by atoms with Crippen LogP contribution in [0.25, 0.3) is 0 Å². The molecule has 2 aliphatic rings. The Balaban J connectivity index is 1.51. The molecule has 4 rings (SSSR count). The van der Waals surface area contributed by atoms with Crippen LogP contribution in [-0.4, -0.2) is 46.2 Å². The van der Waals surface area contributed by atoms with Crippen LogP contribution in [0.1, 0.15) is 28.5 Å². The van der Waals surface area contributed by atoms with E-state index in [9.17, 15) is 8.42 Å². The molecular weight excluding hydrogens is 368 g/mol. The van der Waals surface area contributed by atoms with Gasteiger partial charge in [0.25, 0.3) is 0 Å². The van der Waals surface area contributed by atoms with E-state index in [1.807, 2.05) is 23.6 Å². The van der Waals surface area contributed by atoms with Crippen LogP contribution in [0.3, 0.4) is 0 Å². The zero-order valence-corrected chi connectivity index (χ0v) is 16.3. The van der Waals surface area contributed by atoms with Gasteiger partial charge in [-0.05, 0) is 54.0 Å². The number of hydrogen-bond donors (Lipinski definition) is 1. The predicted octanol–water partition coefficient (Wildman–Crippen LogP) is 2.59. The summed E-state index contributed by atoms with van der Waals surface area (Å²) in [7, 11) is -3.51. The zero-order chi connectivity index (χ0) is 18.0. The molecule has 1 aromatic heterocycles. The van der Waals surface area contributed by atoms with Crippen LogP contribution in [0.4, 0.5) is 0 Å². The lowest BCUT2D eigenvalue weighted by Gasteiger charge is -2.34. The third kappa shape index (κ3) is 3.87. The Kier molecular flexibility index (Phi) is 5.42. The summed E-state index contributed by atoms with van der Waals surface area (Å²) in [4.78, 5) is 3.87. The third-order valence-corrected chi connectivity index (χ3v) is 7.60. The number of ether oxygens (including phenoxy) is 1. The van der Waals surface area contributed by atoms with E-state index in [0.29, 0.717) is 24.7 Å². The summed E-state index contributed by atoms with van der Waals surface area (Å²) in [5.41, 5.74) is 2.46. The van der Waals surface area contributed by atoms with Crippen LogP contribution < -0.4 is 4.72 Å². The Labute approximate surface area is 159 Å². The van der Waals surface area contributed by atoms with E-state index in [1.54, 1.807) is 17.4 Å². The molecule has 0 radical (unpaired) electrons. The van der Waals surface area contributed by atoms with Gasteiger partial charge >= 0.3 is 0 Å². The van der Waals surface area contributed by atoms with E-state index in [-0.39, 0.29) is 6.04 Å². The Hall–Kier alpha value is -1.25. The van der Waals surface area contributed by atoms with E-state index < -0.39 is 10.0 Å². The topological polar surface area (TPSA) is 58.6 Å². The highest BCUT2D eigenvalue weighted by atomic mass is 32.2. The van der Waals surface area contributed by atoms with Gasteiger partial charge in [-0.2, -0.15) is 0 Å². The second kappa shape index (κ2) is 7.78. The molecule has 1 N–H and O–H groups in total. The van der Waals surface area contributed by atoms with Crippen molar-refractivity contribution < 1.29 is 13.2 Å². The molecule has 5 nitrogen and oxygen atoms in total. The maximum atomic E-state index is 12.8. The van der Waals surface area contributed by atoms with Crippen LogP contribution in [0.5, 0.6) is 0 Å². The molecule has 0 spiro atoms.